The second-order valence-corrected chi connectivity index (χ2v) is 4.78. The largest absolute Gasteiger partial charge is 0.371 e. The van der Waals surface area contributed by atoms with Gasteiger partial charge in [0.05, 0.1) is 24.6 Å². The lowest BCUT2D eigenvalue weighted by Gasteiger charge is -2.31. The Balaban J connectivity index is 1.76. The van der Waals surface area contributed by atoms with Crippen molar-refractivity contribution in [2.24, 2.45) is 0 Å². The maximum atomic E-state index is 12.2. The van der Waals surface area contributed by atoms with Gasteiger partial charge < -0.3 is 9.64 Å². The van der Waals surface area contributed by atoms with Gasteiger partial charge in [-0.3, -0.25) is 4.79 Å². The van der Waals surface area contributed by atoms with Crippen molar-refractivity contribution in [3.05, 3.63) is 23.2 Å². The van der Waals surface area contributed by atoms with Crippen molar-refractivity contribution in [1.29, 1.82) is 0 Å². The van der Waals surface area contributed by atoms with E-state index < -0.39 is 0 Å². The van der Waals surface area contributed by atoms with E-state index in [9.17, 15) is 4.79 Å². The fraction of sp³-hybridized carbons (Fsp3) is 0.545. The minimum atomic E-state index is -0.0885. The number of rotatable bonds is 1. The van der Waals surface area contributed by atoms with Crippen molar-refractivity contribution in [1.82, 2.24) is 14.9 Å². The van der Waals surface area contributed by atoms with Crippen molar-refractivity contribution in [2.75, 3.05) is 13.1 Å². The highest BCUT2D eigenvalue weighted by Crippen LogP contribution is 2.26. The van der Waals surface area contributed by atoms with Crippen LogP contribution in [0.15, 0.2) is 12.4 Å². The van der Waals surface area contributed by atoms with Crippen molar-refractivity contribution in [2.45, 2.75) is 25.0 Å². The maximum absolute atomic E-state index is 12.2. The topological polar surface area (TPSA) is 55.3 Å². The first-order valence-electron chi connectivity index (χ1n) is 5.64. The summed E-state index contributed by atoms with van der Waals surface area (Å²) in [5.41, 5.74) is 0.343. The Labute approximate surface area is 104 Å². The molecule has 0 aromatic carbocycles. The summed E-state index contributed by atoms with van der Waals surface area (Å²) in [6, 6.07) is 0. The van der Waals surface area contributed by atoms with Crippen LogP contribution in [0, 0.1) is 0 Å². The zero-order valence-electron chi connectivity index (χ0n) is 9.17. The molecule has 17 heavy (non-hydrogen) atoms. The lowest BCUT2D eigenvalue weighted by Crippen LogP contribution is -2.46. The van der Waals surface area contributed by atoms with E-state index >= 15 is 0 Å². The predicted molar refractivity (Wildman–Crippen MR) is 60.8 cm³/mol. The predicted octanol–water partition coefficient (Wildman–Crippen LogP) is 1.13. The first-order valence-corrected chi connectivity index (χ1v) is 6.02. The molecule has 1 aromatic heterocycles. The van der Waals surface area contributed by atoms with Crippen LogP contribution in [-0.2, 0) is 4.74 Å². The molecular weight excluding hydrogens is 242 g/mol. The van der Waals surface area contributed by atoms with Crippen LogP contribution in [0.4, 0.5) is 0 Å². The smallest absolute Gasteiger partial charge is 0.274 e. The number of ether oxygens (including phenoxy) is 1. The molecule has 5 nitrogen and oxygen atoms in total. The standard InChI is InChI=1S/C11H12ClN3O2/c12-10-4-13-9(3-14-10)11(16)15-5-7-1-2-8(6-15)17-7/h3-4,7-8H,1-2,5-6H2. The summed E-state index contributed by atoms with van der Waals surface area (Å²) in [6.07, 6.45) is 5.28. The molecule has 0 aliphatic carbocycles. The molecule has 1 aromatic rings. The van der Waals surface area contributed by atoms with Gasteiger partial charge in [-0.05, 0) is 12.8 Å². The zero-order valence-corrected chi connectivity index (χ0v) is 9.93. The van der Waals surface area contributed by atoms with E-state index in [2.05, 4.69) is 9.97 Å². The lowest BCUT2D eigenvalue weighted by molar-refractivity contribution is -0.0305. The summed E-state index contributed by atoms with van der Waals surface area (Å²) in [4.78, 5) is 21.8. The van der Waals surface area contributed by atoms with Gasteiger partial charge in [0.15, 0.2) is 0 Å². The highest BCUT2D eigenvalue weighted by molar-refractivity contribution is 6.29. The summed E-state index contributed by atoms with van der Waals surface area (Å²) in [5.74, 6) is -0.0885. The Morgan fingerprint density at radius 3 is 2.59 bits per heavy atom. The van der Waals surface area contributed by atoms with Crippen LogP contribution in [0.5, 0.6) is 0 Å². The Hall–Kier alpha value is -1.20. The van der Waals surface area contributed by atoms with Crippen LogP contribution in [0.25, 0.3) is 0 Å². The third-order valence-corrected chi connectivity index (χ3v) is 3.37. The van der Waals surface area contributed by atoms with Gasteiger partial charge in [0, 0.05) is 13.1 Å². The van der Waals surface area contributed by atoms with Gasteiger partial charge in [0.25, 0.3) is 5.91 Å². The second-order valence-electron chi connectivity index (χ2n) is 4.39. The quantitative estimate of drug-likeness (QED) is 0.753. The first kappa shape index (κ1) is 10.9. The number of carbonyl (C=O) groups excluding carboxylic acids is 1. The molecule has 0 saturated carbocycles. The van der Waals surface area contributed by atoms with Gasteiger partial charge in [0.1, 0.15) is 10.8 Å². The lowest BCUT2D eigenvalue weighted by atomic mass is 10.2. The molecule has 2 fully saturated rings. The summed E-state index contributed by atoms with van der Waals surface area (Å²) >= 11 is 5.64. The van der Waals surface area contributed by atoms with Gasteiger partial charge in [-0.2, -0.15) is 0 Å². The van der Waals surface area contributed by atoms with E-state index in [1.54, 1.807) is 4.90 Å². The van der Waals surface area contributed by atoms with Crippen molar-refractivity contribution in [3.8, 4) is 0 Å². The average Bonchev–Trinajstić information content (AvgIpc) is 2.68. The monoisotopic (exact) mass is 253 g/mol. The van der Waals surface area contributed by atoms with Crippen LogP contribution in [0.2, 0.25) is 5.15 Å². The molecule has 2 aliphatic heterocycles. The second kappa shape index (κ2) is 4.23. The third-order valence-electron chi connectivity index (χ3n) is 3.17. The van der Waals surface area contributed by atoms with Crippen LogP contribution in [0.3, 0.4) is 0 Å². The van der Waals surface area contributed by atoms with E-state index in [-0.39, 0.29) is 18.1 Å². The number of fused-ring (bicyclic) bond motifs is 2. The van der Waals surface area contributed by atoms with Gasteiger partial charge >= 0.3 is 0 Å². The Morgan fingerprint density at radius 1 is 1.29 bits per heavy atom. The van der Waals surface area contributed by atoms with E-state index in [1.807, 2.05) is 0 Å². The molecule has 2 aliphatic rings. The molecule has 0 radical (unpaired) electrons. The number of hydrogen-bond acceptors (Lipinski definition) is 4. The highest BCUT2D eigenvalue weighted by atomic mass is 35.5. The molecule has 2 saturated heterocycles. The normalized spacial score (nSPS) is 27.2. The summed E-state index contributed by atoms with van der Waals surface area (Å²) < 4.78 is 5.68. The van der Waals surface area contributed by atoms with Crippen molar-refractivity contribution >= 4 is 17.5 Å². The number of nitrogens with zero attached hydrogens (tertiary/aromatic N) is 3. The molecular formula is C11H12ClN3O2. The summed E-state index contributed by atoms with van der Waals surface area (Å²) in [5, 5.41) is 0.295. The molecule has 2 bridgehead atoms. The number of aromatic nitrogens is 2. The molecule has 3 rings (SSSR count). The molecule has 90 valence electrons. The Bertz CT molecular complexity index is 425. The number of amides is 1. The number of carbonyl (C=O) groups is 1. The maximum Gasteiger partial charge on any atom is 0.274 e. The van der Waals surface area contributed by atoms with E-state index in [4.69, 9.17) is 16.3 Å². The molecule has 2 atom stereocenters. The van der Waals surface area contributed by atoms with E-state index in [1.165, 1.54) is 12.4 Å². The fourth-order valence-corrected chi connectivity index (χ4v) is 2.46. The van der Waals surface area contributed by atoms with Crippen molar-refractivity contribution in [3.63, 3.8) is 0 Å². The molecule has 6 heteroatoms. The third kappa shape index (κ3) is 2.12. The van der Waals surface area contributed by atoms with Gasteiger partial charge in [-0.15, -0.1) is 0 Å². The van der Waals surface area contributed by atoms with Crippen LogP contribution < -0.4 is 0 Å². The molecule has 3 heterocycles. The van der Waals surface area contributed by atoms with Crippen LogP contribution in [0.1, 0.15) is 23.3 Å². The van der Waals surface area contributed by atoms with Crippen LogP contribution >= 0.6 is 11.6 Å². The summed E-state index contributed by atoms with van der Waals surface area (Å²) in [7, 11) is 0. The summed E-state index contributed by atoms with van der Waals surface area (Å²) in [6.45, 7) is 1.30. The number of morpholine rings is 1. The van der Waals surface area contributed by atoms with Gasteiger partial charge in [-0.1, -0.05) is 11.6 Å². The van der Waals surface area contributed by atoms with Gasteiger partial charge in [0.2, 0.25) is 0 Å². The van der Waals surface area contributed by atoms with Gasteiger partial charge in [-0.25, -0.2) is 9.97 Å². The molecule has 0 N–H and O–H groups in total. The van der Waals surface area contributed by atoms with Crippen molar-refractivity contribution < 1.29 is 9.53 Å². The molecule has 0 spiro atoms. The first-order chi connectivity index (χ1) is 8.22. The van der Waals surface area contributed by atoms with Crippen LogP contribution in [-0.4, -0.2) is 46.1 Å². The Morgan fingerprint density at radius 2 is 2.00 bits per heavy atom. The fourth-order valence-electron chi connectivity index (χ4n) is 2.37. The Kier molecular flexibility index (Phi) is 2.72. The molecule has 2 unspecified atom stereocenters. The SMILES string of the molecule is O=C(c1cnc(Cl)cn1)N1CC2CCC(C1)O2. The number of halogens is 1. The number of hydrogen-bond donors (Lipinski definition) is 0. The minimum absolute atomic E-state index is 0.0885. The average molecular weight is 254 g/mol. The van der Waals surface area contributed by atoms with E-state index in [0.717, 1.165) is 12.8 Å². The number of likely N-dealkylation sites (tertiary alicyclic amines) is 1. The molecule has 1 amide bonds. The highest BCUT2D eigenvalue weighted by Gasteiger charge is 2.36. The minimum Gasteiger partial charge on any atom is -0.371 e. The zero-order chi connectivity index (χ0) is 11.8. The van der Waals surface area contributed by atoms with E-state index in [0.29, 0.717) is 23.9 Å².